The third-order valence-electron chi connectivity index (χ3n) is 4.89. The van der Waals surface area contributed by atoms with Crippen molar-refractivity contribution >= 4 is 33.6 Å². The highest BCUT2D eigenvalue weighted by Gasteiger charge is 2.32. The second-order valence-corrected chi connectivity index (χ2v) is 7.19. The van der Waals surface area contributed by atoms with Crippen LogP contribution in [0.5, 0.6) is 0 Å². The summed E-state index contributed by atoms with van der Waals surface area (Å²) in [5.41, 5.74) is 0.843. The van der Waals surface area contributed by atoms with Gasteiger partial charge < -0.3 is 15.0 Å². The smallest absolute Gasteiger partial charge is 0.358 e. The van der Waals surface area contributed by atoms with E-state index in [0.29, 0.717) is 23.9 Å². The van der Waals surface area contributed by atoms with Crippen molar-refractivity contribution in [1.82, 2.24) is 24.0 Å². The van der Waals surface area contributed by atoms with E-state index >= 15 is 0 Å². The fraction of sp³-hybridized carbons (Fsp3) is 0.312. The summed E-state index contributed by atoms with van der Waals surface area (Å²) in [6, 6.07) is 5.85. The van der Waals surface area contributed by atoms with Crippen LogP contribution in [0.2, 0.25) is 0 Å². The number of hydrogen-bond donors (Lipinski definition) is 0. The minimum Gasteiger partial charge on any atom is -0.358 e. The van der Waals surface area contributed by atoms with Gasteiger partial charge in [-0.05, 0) is 29.9 Å². The fourth-order valence-electron chi connectivity index (χ4n) is 3.63. The summed E-state index contributed by atoms with van der Waals surface area (Å²) in [7, 11) is 0. The first-order valence-corrected chi connectivity index (χ1v) is 9.25. The van der Waals surface area contributed by atoms with Gasteiger partial charge in [0.25, 0.3) is 4.96 Å². The van der Waals surface area contributed by atoms with Gasteiger partial charge in [0.1, 0.15) is 12.0 Å². The van der Waals surface area contributed by atoms with Gasteiger partial charge in [0.05, 0.1) is 0 Å². The second-order valence-electron chi connectivity index (χ2n) is 6.32. The minimum atomic E-state index is -0.347. The van der Waals surface area contributed by atoms with Crippen LogP contribution in [0.3, 0.4) is 0 Å². The Morgan fingerprint density at radius 3 is 2.81 bits per heavy atom. The summed E-state index contributed by atoms with van der Waals surface area (Å²) in [6.07, 6.45) is 5.39. The Labute approximate surface area is 151 Å². The molecule has 4 aromatic rings. The topological polar surface area (TPSA) is 93.9 Å². The van der Waals surface area contributed by atoms with Crippen molar-refractivity contribution < 1.29 is 4.92 Å². The second kappa shape index (κ2) is 5.77. The van der Waals surface area contributed by atoms with Gasteiger partial charge in [-0.25, -0.2) is 0 Å². The van der Waals surface area contributed by atoms with E-state index in [-0.39, 0.29) is 16.7 Å². The van der Waals surface area contributed by atoms with Crippen molar-refractivity contribution in [2.45, 2.75) is 18.8 Å². The molecule has 5 heterocycles. The Bertz CT molecular complexity index is 1110. The summed E-state index contributed by atoms with van der Waals surface area (Å²) in [5, 5.41) is 21.9. The van der Waals surface area contributed by atoms with E-state index in [0.717, 1.165) is 24.3 Å². The molecule has 10 heteroatoms. The molecular formula is C16H15N7O2S. The Morgan fingerprint density at radius 2 is 2.00 bits per heavy atom. The Morgan fingerprint density at radius 1 is 1.15 bits per heavy atom. The Kier molecular flexibility index (Phi) is 3.38. The van der Waals surface area contributed by atoms with Crippen LogP contribution in [0, 0.1) is 10.1 Å². The number of fused-ring (bicyclic) bond motifs is 2. The molecule has 26 heavy (non-hydrogen) atoms. The first kappa shape index (κ1) is 15.3. The van der Waals surface area contributed by atoms with Gasteiger partial charge in [-0.3, -0.25) is 4.40 Å². The van der Waals surface area contributed by atoms with Gasteiger partial charge in [0, 0.05) is 30.6 Å². The zero-order chi connectivity index (χ0) is 17.7. The molecule has 1 saturated heterocycles. The van der Waals surface area contributed by atoms with Crippen LogP contribution >= 0.6 is 11.3 Å². The summed E-state index contributed by atoms with van der Waals surface area (Å²) in [5.74, 6) is 1.76. The molecule has 0 spiro atoms. The van der Waals surface area contributed by atoms with Crippen molar-refractivity contribution in [2.24, 2.45) is 0 Å². The third kappa shape index (κ3) is 2.25. The lowest BCUT2D eigenvalue weighted by atomic mass is 9.96. The number of pyridine rings is 1. The van der Waals surface area contributed by atoms with Crippen LogP contribution in [0.15, 0.2) is 36.0 Å². The standard InChI is InChI=1S/C16H15N7O2S/c24-23(25)15-14(17-16-22(15)9-10-26-16)20-7-4-11(5-8-20)13-19-18-12-3-1-2-6-21(12)13/h1-3,6,9-11H,4-5,7-8H2. The molecule has 0 amide bonds. The monoisotopic (exact) mass is 369 g/mol. The van der Waals surface area contributed by atoms with Crippen molar-refractivity contribution in [3.05, 3.63) is 51.9 Å². The van der Waals surface area contributed by atoms with Gasteiger partial charge >= 0.3 is 5.82 Å². The molecule has 0 radical (unpaired) electrons. The molecule has 0 saturated carbocycles. The summed E-state index contributed by atoms with van der Waals surface area (Å²) >= 11 is 1.40. The predicted octanol–water partition coefficient (Wildman–Crippen LogP) is 2.73. The maximum Gasteiger partial charge on any atom is 0.373 e. The molecule has 5 rings (SSSR count). The zero-order valence-corrected chi connectivity index (χ0v) is 14.5. The van der Waals surface area contributed by atoms with E-state index < -0.39 is 0 Å². The highest BCUT2D eigenvalue weighted by atomic mass is 32.1. The van der Waals surface area contributed by atoms with Crippen LogP contribution in [-0.2, 0) is 0 Å². The summed E-state index contributed by atoms with van der Waals surface area (Å²) in [6.45, 7) is 1.41. The predicted molar refractivity (Wildman–Crippen MR) is 96.9 cm³/mol. The van der Waals surface area contributed by atoms with Crippen molar-refractivity contribution in [2.75, 3.05) is 18.0 Å². The third-order valence-corrected chi connectivity index (χ3v) is 5.65. The molecule has 1 aliphatic rings. The average molecular weight is 369 g/mol. The number of hydrogen-bond acceptors (Lipinski definition) is 7. The number of aromatic nitrogens is 5. The van der Waals surface area contributed by atoms with E-state index in [1.165, 1.54) is 11.3 Å². The van der Waals surface area contributed by atoms with Crippen LogP contribution in [0.1, 0.15) is 24.6 Å². The lowest BCUT2D eigenvalue weighted by molar-refractivity contribution is -0.389. The van der Waals surface area contributed by atoms with Crippen LogP contribution in [0.4, 0.5) is 11.6 Å². The lowest BCUT2D eigenvalue weighted by Gasteiger charge is -2.30. The molecule has 0 N–H and O–H groups in total. The maximum atomic E-state index is 11.5. The first-order chi connectivity index (χ1) is 12.7. The number of thiazole rings is 1. The van der Waals surface area contributed by atoms with Gasteiger partial charge in [0.2, 0.25) is 5.82 Å². The molecule has 0 aromatic carbocycles. The number of nitrogens with zero attached hydrogens (tertiary/aromatic N) is 7. The van der Waals surface area contributed by atoms with Gasteiger partial charge in [-0.15, -0.1) is 10.2 Å². The molecule has 0 bridgehead atoms. The van der Waals surface area contributed by atoms with E-state index in [9.17, 15) is 10.1 Å². The van der Waals surface area contributed by atoms with Crippen molar-refractivity contribution in [3.63, 3.8) is 0 Å². The number of imidazole rings is 1. The van der Waals surface area contributed by atoms with Gasteiger partial charge in [-0.1, -0.05) is 17.4 Å². The molecule has 0 aliphatic carbocycles. The maximum absolute atomic E-state index is 11.5. The van der Waals surface area contributed by atoms with Crippen LogP contribution in [0.25, 0.3) is 10.6 Å². The molecule has 0 atom stereocenters. The quantitative estimate of drug-likeness (QED) is 0.407. The van der Waals surface area contributed by atoms with Crippen LogP contribution in [-0.4, -0.2) is 42.0 Å². The molecular weight excluding hydrogens is 354 g/mol. The lowest BCUT2D eigenvalue weighted by Crippen LogP contribution is -2.34. The van der Waals surface area contributed by atoms with Crippen molar-refractivity contribution in [1.29, 1.82) is 0 Å². The van der Waals surface area contributed by atoms with Crippen LogP contribution < -0.4 is 4.90 Å². The SMILES string of the molecule is O=[N+]([O-])c1c(N2CCC(c3nnc4ccccn34)CC2)nc2sccn12. The fourth-order valence-corrected chi connectivity index (χ4v) is 4.34. The zero-order valence-electron chi connectivity index (χ0n) is 13.7. The summed E-state index contributed by atoms with van der Waals surface area (Å²) in [4.78, 5) is 18.3. The van der Waals surface area contributed by atoms with Gasteiger partial charge in [0.15, 0.2) is 5.65 Å². The summed E-state index contributed by atoms with van der Waals surface area (Å²) < 4.78 is 3.58. The molecule has 1 aliphatic heterocycles. The van der Waals surface area contributed by atoms with E-state index in [4.69, 9.17) is 0 Å². The van der Waals surface area contributed by atoms with E-state index in [1.807, 2.05) is 39.1 Å². The first-order valence-electron chi connectivity index (χ1n) is 8.37. The van der Waals surface area contributed by atoms with E-state index in [2.05, 4.69) is 15.2 Å². The number of rotatable bonds is 3. The Balaban J connectivity index is 1.42. The van der Waals surface area contributed by atoms with Gasteiger partial charge in [-0.2, -0.15) is 9.38 Å². The Hall–Kier alpha value is -3.01. The number of anilines is 1. The number of piperidine rings is 1. The highest BCUT2D eigenvalue weighted by Crippen LogP contribution is 2.35. The number of nitro groups is 1. The minimum absolute atomic E-state index is 0.0487. The normalized spacial score (nSPS) is 15.9. The molecule has 1 fully saturated rings. The largest absolute Gasteiger partial charge is 0.373 e. The molecule has 132 valence electrons. The molecule has 4 aromatic heterocycles. The van der Waals surface area contributed by atoms with Crippen molar-refractivity contribution in [3.8, 4) is 0 Å². The van der Waals surface area contributed by atoms with E-state index in [1.54, 1.807) is 10.6 Å². The molecule has 9 nitrogen and oxygen atoms in total. The average Bonchev–Trinajstić information content (AvgIpc) is 3.35. The highest BCUT2D eigenvalue weighted by molar-refractivity contribution is 7.15. The molecule has 0 unspecified atom stereocenters.